The minimum Gasteiger partial charge on any atom is -0.377 e. The minimum atomic E-state index is 0.0352. The maximum Gasteiger partial charge on any atom is 0.293 e. The molecule has 2 heterocycles. The molecule has 1 aliphatic heterocycles. The van der Waals surface area contributed by atoms with E-state index in [2.05, 4.69) is 15.2 Å². The Balaban J connectivity index is 1.91. The zero-order chi connectivity index (χ0) is 13.2. The lowest BCUT2D eigenvalue weighted by molar-refractivity contribution is 0.0937. The molecule has 0 radical (unpaired) electrons. The van der Waals surface area contributed by atoms with Gasteiger partial charge >= 0.3 is 0 Å². The molecule has 1 aliphatic carbocycles. The highest BCUT2D eigenvalue weighted by molar-refractivity contribution is 5.38. The molecule has 19 heavy (non-hydrogen) atoms. The number of likely N-dealkylation sites (N-methyl/N-ethyl adjacent to an activating group) is 1. The molecule has 6 heteroatoms. The average molecular weight is 264 g/mol. The smallest absolute Gasteiger partial charge is 0.293 e. The van der Waals surface area contributed by atoms with Gasteiger partial charge in [0.05, 0.1) is 19.3 Å². The molecule has 0 bridgehead atoms. The fraction of sp³-hybridized carbons (Fsp3) is 0.692. The summed E-state index contributed by atoms with van der Waals surface area (Å²) in [4.78, 5) is 18.9. The van der Waals surface area contributed by atoms with Gasteiger partial charge in [0, 0.05) is 31.5 Å². The molecule has 0 amide bonds. The van der Waals surface area contributed by atoms with E-state index in [1.165, 1.54) is 0 Å². The van der Waals surface area contributed by atoms with Gasteiger partial charge < -0.3 is 19.5 Å². The lowest BCUT2D eigenvalue weighted by atomic mass is 10.2. The van der Waals surface area contributed by atoms with Crippen LogP contribution in [0, 0.1) is 0 Å². The van der Waals surface area contributed by atoms with Crippen molar-refractivity contribution in [2.75, 3.05) is 38.3 Å². The zero-order valence-electron chi connectivity index (χ0n) is 11.2. The topological polar surface area (TPSA) is 59.4 Å². The maximum atomic E-state index is 12.5. The van der Waals surface area contributed by atoms with Gasteiger partial charge in [-0.3, -0.25) is 4.79 Å². The van der Waals surface area contributed by atoms with Gasteiger partial charge in [0.25, 0.3) is 5.56 Å². The van der Waals surface area contributed by atoms with Crippen LogP contribution in [0.5, 0.6) is 0 Å². The van der Waals surface area contributed by atoms with Crippen molar-refractivity contribution in [3.05, 3.63) is 22.7 Å². The third kappa shape index (κ3) is 2.50. The summed E-state index contributed by atoms with van der Waals surface area (Å²) in [6, 6.07) is 0.562. The van der Waals surface area contributed by atoms with Crippen molar-refractivity contribution in [1.29, 1.82) is 0 Å². The molecule has 1 aromatic rings. The minimum absolute atomic E-state index is 0.0352. The molecule has 104 valence electrons. The van der Waals surface area contributed by atoms with Crippen LogP contribution < -0.4 is 15.8 Å². The Labute approximate surface area is 112 Å². The van der Waals surface area contributed by atoms with E-state index in [9.17, 15) is 4.79 Å². The van der Waals surface area contributed by atoms with Crippen molar-refractivity contribution in [1.82, 2.24) is 14.9 Å². The molecule has 2 aliphatic rings. The van der Waals surface area contributed by atoms with E-state index in [1.54, 1.807) is 12.4 Å². The van der Waals surface area contributed by atoms with Gasteiger partial charge in [0.2, 0.25) is 0 Å². The molecule has 1 N–H and O–H groups in total. The Morgan fingerprint density at radius 1 is 1.53 bits per heavy atom. The summed E-state index contributed by atoms with van der Waals surface area (Å²) in [5.41, 5.74) is 0.0352. The van der Waals surface area contributed by atoms with Gasteiger partial charge in [-0.25, -0.2) is 4.98 Å². The summed E-state index contributed by atoms with van der Waals surface area (Å²) in [5.74, 6) is 0.568. The molecule has 2 fully saturated rings. The standard InChI is InChI=1S/C13H20N4O2/c1-14-8-11-9-19-7-6-16(11)12-13(18)17(5-4-15-12)10-2-3-10/h4-5,10-11,14H,2-3,6-9H2,1H3. The fourth-order valence-electron chi connectivity index (χ4n) is 2.59. The summed E-state index contributed by atoms with van der Waals surface area (Å²) in [7, 11) is 1.91. The highest BCUT2D eigenvalue weighted by Gasteiger charge is 2.29. The van der Waals surface area contributed by atoms with E-state index in [-0.39, 0.29) is 11.6 Å². The molecule has 6 nitrogen and oxygen atoms in total. The Bertz CT molecular complexity index is 496. The number of morpholine rings is 1. The van der Waals surface area contributed by atoms with Gasteiger partial charge in [0.15, 0.2) is 5.82 Å². The predicted octanol–water partition coefficient (Wildman–Crippen LogP) is 0.00280. The fourth-order valence-corrected chi connectivity index (χ4v) is 2.59. The molecule has 1 aromatic heterocycles. The number of nitrogens with one attached hydrogen (secondary N) is 1. The van der Waals surface area contributed by atoms with Gasteiger partial charge in [-0.15, -0.1) is 0 Å². The first-order valence-electron chi connectivity index (χ1n) is 6.87. The summed E-state index contributed by atoms with van der Waals surface area (Å²) >= 11 is 0. The number of ether oxygens (including phenoxy) is 1. The van der Waals surface area contributed by atoms with E-state index < -0.39 is 0 Å². The van der Waals surface area contributed by atoms with E-state index in [0.29, 0.717) is 25.1 Å². The Morgan fingerprint density at radius 2 is 2.37 bits per heavy atom. The van der Waals surface area contributed by atoms with Crippen molar-refractivity contribution in [2.45, 2.75) is 24.9 Å². The molecule has 1 saturated heterocycles. The second-order valence-corrected chi connectivity index (χ2v) is 5.17. The first-order valence-corrected chi connectivity index (χ1v) is 6.87. The maximum absolute atomic E-state index is 12.5. The largest absolute Gasteiger partial charge is 0.377 e. The number of nitrogens with zero attached hydrogens (tertiary/aromatic N) is 3. The third-order valence-corrected chi connectivity index (χ3v) is 3.73. The monoisotopic (exact) mass is 264 g/mol. The molecule has 1 saturated carbocycles. The summed E-state index contributed by atoms with van der Waals surface area (Å²) in [6.07, 6.45) is 5.75. The van der Waals surface area contributed by atoms with Crippen LogP contribution in [0.3, 0.4) is 0 Å². The number of anilines is 1. The summed E-state index contributed by atoms with van der Waals surface area (Å²) in [5, 5.41) is 3.15. The predicted molar refractivity (Wildman–Crippen MR) is 72.6 cm³/mol. The van der Waals surface area contributed by atoms with E-state index in [4.69, 9.17) is 4.74 Å². The average Bonchev–Trinajstić information content (AvgIpc) is 3.25. The van der Waals surface area contributed by atoms with Crippen LogP contribution in [0.4, 0.5) is 5.82 Å². The second kappa shape index (κ2) is 5.30. The highest BCUT2D eigenvalue weighted by Crippen LogP contribution is 2.33. The van der Waals surface area contributed by atoms with Gasteiger partial charge in [-0.2, -0.15) is 0 Å². The van der Waals surface area contributed by atoms with Crippen LogP contribution in [-0.4, -0.2) is 48.9 Å². The summed E-state index contributed by atoms with van der Waals surface area (Å²) < 4.78 is 7.33. The Morgan fingerprint density at radius 3 is 3.11 bits per heavy atom. The molecular weight excluding hydrogens is 244 g/mol. The molecule has 1 unspecified atom stereocenters. The van der Waals surface area contributed by atoms with Crippen LogP contribution >= 0.6 is 0 Å². The molecule has 0 aromatic carbocycles. The van der Waals surface area contributed by atoms with Crippen molar-refractivity contribution in [2.24, 2.45) is 0 Å². The van der Waals surface area contributed by atoms with E-state index >= 15 is 0 Å². The van der Waals surface area contributed by atoms with Crippen LogP contribution in [0.15, 0.2) is 17.2 Å². The molecule has 3 rings (SSSR count). The third-order valence-electron chi connectivity index (χ3n) is 3.73. The SMILES string of the molecule is CNCC1COCCN1c1nccn(C2CC2)c1=O. The molecule has 1 atom stereocenters. The number of rotatable bonds is 4. The lowest BCUT2D eigenvalue weighted by Crippen LogP contribution is -2.52. The highest BCUT2D eigenvalue weighted by atomic mass is 16.5. The lowest BCUT2D eigenvalue weighted by Gasteiger charge is -2.36. The van der Waals surface area contributed by atoms with Crippen molar-refractivity contribution in [3.63, 3.8) is 0 Å². The van der Waals surface area contributed by atoms with Crippen LogP contribution in [-0.2, 0) is 4.74 Å². The van der Waals surface area contributed by atoms with Crippen LogP contribution in [0.1, 0.15) is 18.9 Å². The first-order chi connectivity index (χ1) is 9.31. The summed E-state index contributed by atoms with van der Waals surface area (Å²) in [6.45, 7) is 2.81. The van der Waals surface area contributed by atoms with Gasteiger partial charge in [-0.05, 0) is 19.9 Å². The first kappa shape index (κ1) is 12.6. The zero-order valence-corrected chi connectivity index (χ0v) is 11.2. The molecular formula is C13H20N4O2. The normalized spacial score (nSPS) is 23.6. The number of aromatic nitrogens is 2. The van der Waals surface area contributed by atoms with Crippen molar-refractivity contribution >= 4 is 5.82 Å². The number of hydrogen-bond acceptors (Lipinski definition) is 5. The van der Waals surface area contributed by atoms with Crippen LogP contribution in [0.2, 0.25) is 0 Å². The van der Waals surface area contributed by atoms with E-state index in [1.807, 2.05) is 11.6 Å². The second-order valence-electron chi connectivity index (χ2n) is 5.17. The van der Waals surface area contributed by atoms with Gasteiger partial charge in [-0.1, -0.05) is 0 Å². The Kier molecular flexibility index (Phi) is 3.52. The van der Waals surface area contributed by atoms with E-state index in [0.717, 1.165) is 25.9 Å². The molecule has 0 spiro atoms. The quantitative estimate of drug-likeness (QED) is 0.829. The number of hydrogen-bond donors (Lipinski definition) is 1. The van der Waals surface area contributed by atoms with Crippen molar-refractivity contribution < 1.29 is 4.74 Å². The van der Waals surface area contributed by atoms with Crippen molar-refractivity contribution in [3.8, 4) is 0 Å². The van der Waals surface area contributed by atoms with Crippen LogP contribution in [0.25, 0.3) is 0 Å². The Hall–Kier alpha value is -1.40. The van der Waals surface area contributed by atoms with Gasteiger partial charge in [0.1, 0.15) is 0 Å².